The van der Waals surface area contributed by atoms with E-state index in [1.807, 2.05) is 36.4 Å². The highest BCUT2D eigenvalue weighted by atomic mass is 35.5. The number of nitrogens with zero attached hydrogens (tertiary/aromatic N) is 3. The van der Waals surface area contributed by atoms with Crippen molar-refractivity contribution in [2.24, 2.45) is 5.92 Å². The van der Waals surface area contributed by atoms with Crippen LogP contribution in [0.25, 0.3) is 11.4 Å². The van der Waals surface area contributed by atoms with Gasteiger partial charge >= 0.3 is 0 Å². The lowest BCUT2D eigenvalue weighted by atomic mass is 9.96. The number of carbonyl (C=O) groups is 1. The molecular formula is C23H23ClN4O2. The van der Waals surface area contributed by atoms with Crippen LogP contribution in [0.3, 0.4) is 0 Å². The van der Waals surface area contributed by atoms with Gasteiger partial charge in [-0.25, -0.2) is 0 Å². The Kier molecular flexibility index (Phi) is 5.17. The summed E-state index contributed by atoms with van der Waals surface area (Å²) >= 11 is 6.08. The van der Waals surface area contributed by atoms with E-state index in [0.29, 0.717) is 18.1 Å². The number of anilines is 1. The Balaban J connectivity index is 1.28. The Morgan fingerprint density at radius 3 is 2.83 bits per heavy atom. The van der Waals surface area contributed by atoms with Gasteiger partial charge in [0.2, 0.25) is 5.91 Å². The molecule has 0 fully saturated rings. The van der Waals surface area contributed by atoms with Crippen molar-refractivity contribution in [3.8, 4) is 17.1 Å². The minimum Gasteiger partial charge on any atom is -0.492 e. The van der Waals surface area contributed by atoms with Crippen LogP contribution in [0.15, 0.2) is 42.5 Å². The van der Waals surface area contributed by atoms with E-state index in [4.69, 9.17) is 16.3 Å². The molecule has 1 aromatic heterocycles. The maximum Gasteiger partial charge on any atom is 0.231 e. The van der Waals surface area contributed by atoms with E-state index < -0.39 is 0 Å². The Hall–Kier alpha value is -2.86. The molecule has 0 unspecified atom stereocenters. The van der Waals surface area contributed by atoms with Crippen LogP contribution >= 0.6 is 11.6 Å². The average Bonchev–Trinajstić information content (AvgIpc) is 3.01. The fourth-order valence-electron chi connectivity index (χ4n) is 4.18. The molecule has 3 heterocycles. The molecule has 0 radical (unpaired) electrons. The van der Waals surface area contributed by atoms with Gasteiger partial charge in [-0.15, -0.1) is 10.2 Å². The SMILES string of the molecule is O=C(Nc1ccc(-c2nnc3n2CCCCC3)cc1)[C@@H]1COc2ccc(Cl)cc2C1. The van der Waals surface area contributed by atoms with Gasteiger partial charge < -0.3 is 14.6 Å². The van der Waals surface area contributed by atoms with Crippen molar-refractivity contribution < 1.29 is 9.53 Å². The number of fused-ring (bicyclic) bond motifs is 2. The molecule has 1 N–H and O–H groups in total. The maximum absolute atomic E-state index is 12.8. The second kappa shape index (κ2) is 8.11. The van der Waals surface area contributed by atoms with Gasteiger partial charge in [0.05, 0.1) is 5.92 Å². The monoisotopic (exact) mass is 422 g/mol. The Morgan fingerprint density at radius 2 is 1.97 bits per heavy atom. The molecule has 3 aromatic rings. The van der Waals surface area contributed by atoms with Crippen molar-refractivity contribution in [1.82, 2.24) is 14.8 Å². The van der Waals surface area contributed by atoms with E-state index in [1.165, 1.54) is 12.8 Å². The highest BCUT2D eigenvalue weighted by Gasteiger charge is 2.26. The van der Waals surface area contributed by atoms with Crippen LogP contribution in [0.1, 0.15) is 30.7 Å². The van der Waals surface area contributed by atoms with Crippen LogP contribution in [-0.2, 0) is 24.2 Å². The number of aryl methyl sites for hydroxylation is 1. The quantitative estimate of drug-likeness (QED) is 0.674. The summed E-state index contributed by atoms with van der Waals surface area (Å²) in [6.45, 7) is 1.33. The molecule has 6 nitrogen and oxygen atoms in total. The lowest BCUT2D eigenvalue weighted by Gasteiger charge is -2.24. The first-order valence-electron chi connectivity index (χ1n) is 10.4. The summed E-state index contributed by atoms with van der Waals surface area (Å²) in [5, 5.41) is 12.4. The molecule has 0 saturated heterocycles. The third-order valence-corrected chi connectivity index (χ3v) is 6.05. The van der Waals surface area contributed by atoms with Crippen LogP contribution in [0.4, 0.5) is 5.69 Å². The highest BCUT2D eigenvalue weighted by molar-refractivity contribution is 6.30. The minimum absolute atomic E-state index is 0.0512. The fourth-order valence-corrected chi connectivity index (χ4v) is 4.37. The number of hydrogen-bond donors (Lipinski definition) is 1. The third kappa shape index (κ3) is 3.79. The van der Waals surface area contributed by atoms with E-state index in [-0.39, 0.29) is 11.8 Å². The van der Waals surface area contributed by atoms with Gasteiger partial charge in [-0.1, -0.05) is 18.0 Å². The van der Waals surface area contributed by atoms with Crippen LogP contribution in [0, 0.1) is 5.92 Å². The van der Waals surface area contributed by atoms with Gasteiger partial charge in [0.15, 0.2) is 5.82 Å². The smallest absolute Gasteiger partial charge is 0.231 e. The predicted molar refractivity (Wildman–Crippen MR) is 116 cm³/mol. The van der Waals surface area contributed by atoms with Crippen molar-refractivity contribution in [3.63, 3.8) is 0 Å². The number of amides is 1. The van der Waals surface area contributed by atoms with Crippen LogP contribution < -0.4 is 10.1 Å². The van der Waals surface area contributed by atoms with E-state index in [9.17, 15) is 4.79 Å². The van der Waals surface area contributed by atoms with Crippen LogP contribution in [0.2, 0.25) is 5.02 Å². The predicted octanol–water partition coefficient (Wildman–Crippen LogP) is 4.51. The zero-order chi connectivity index (χ0) is 20.5. The molecule has 7 heteroatoms. The number of aromatic nitrogens is 3. The van der Waals surface area contributed by atoms with Gasteiger partial charge in [0, 0.05) is 29.2 Å². The second-order valence-electron chi connectivity index (χ2n) is 7.93. The topological polar surface area (TPSA) is 69.0 Å². The molecule has 0 saturated carbocycles. The Morgan fingerprint density at radius 1 is 1.10 bits per heavy atom. The molecule has 1 amide bonds. The first-order valence-corrected chi connectivity index (χ1v) is 10.8. The van der Waals surface area contributed by atoms with Gasteiger partial charge in [0.1, 0.15) is 18.2 Å². The lowest BCUT2D eigenvalue weighted by molar-refractivity contribution is -0.121. The summed E-state index contributed by atoms with van der Waals surface area (Å²) in [4.78, 5) is 12.8. The number of rotatable bonds is 3. The second-order valence-corrected chi connectivity index (χ2v) is 8.37. The molecule has 2 aliphatic rings. The minimum atomic E-state index is -0.247. The number of nitrogens with one attached hydrogen (secondary N) is 1. The highest BCUT2D eigenvalue weighted by Crippen LogP contribution is 2.30. The standard InChI is InChI=1S/C23H23ClN4O2/c24-18-7-10-20-16(13-18)12-17(14-30-20)23(29)25-19-8-5-15(6-9-19)22-27-26-21-4-2-1-3-11-28(21)22/h5-10,13,17H,1-4,11-12,14H2,(H,25,29)/t17-/m0/s1. The van der Waals surface area contributed by atoms with E-state index in [2.05, 4.69) is 20.1 Å². The molecule has 1 atom stereocenters. The van der Waals surface area contributed by atoms with Gasteiger partial charge in [-0.05, 0) is 67.3 Å². The fraction of sp³-hybridized carbons (Fsp3) is 0.348. The van der Waals surface area contributed by atoms with Crippen LogP contribution in [-0.4, -0.2) is 27.3 Å². The Bertz CT molecular complexity index is 1080. The summed E-state index contributed by atoms with van der Waals surface area (Å²) in [6.07, 6.45) is 5.16. The van der Waals surface area contributed by atoms with Crippen LogP contribution in [0.5, 0.6) is 5.75 Å². The molecule has 2 aliphatic heterocycles. The summed E-state index contributed by atoms with van der Waals surface area (Å²) in [5.74, 6) is 2.48. The molecule has 5 rings (SSSR count). The zero-order valence-electron chi connectivity index (χ0n) is 16.6. The summed E-state index contributed by atoms with van der Waals surface area (Å²) < 4.78 is 7.97. The number of ether oxygens (including phenoxy) is 1. The Labute approximate surface area is 180 Å². The van der Waals surface area contributed by atoms with E-state index in [1.54, 1.807) is 6.07 Å². The van der Waals surface area contributed by atoms with Crippen molar-refractivity contribution in [3.05, 3.63) is 58.9 Å². The van der Waals surface area contributed by atoms with E-state index in [0.717, 1.165) is 53.6 Å². The van der Waals surface area contributed by atoms with Crippen molar-refractivity contribution >= 4 is 23.2 Å². The number of benzene rings is 2. The summed E-state index contributed by atoms with van der Waals surface area (Å²) in [7, 11) is 0. The summed E-state index contributed by atoms with van der Waals surface area (Å²) in [6, 6.07) is 13.3. The van der Waals surface area contributed by atoms with Gasteiger partial charge in [0.25, 0.3) is 0 Å². The first-order chi connectivity index (χ1) is 14.7. The molecule has 154 valence electrons. The normalized spacial score (nSPS) is 18.0. The molecular weight excluding hydrogens is 400 g/mol. The largest absolute Gasteiger partial charge is 0.492 e. The van der Waals surface area contributed by atoms with Gasteiger partial charge in [-0.3, -0.25) is 4.79 Å². The lowest BCUT2D eigenvalue weighted by Crippen LogP contribution is -2.32. The maximum atomic E-state index is 12.8. The van der Waals surface area contributed by atoms with Crippen molar-refractivity contribution in [1.29, 1.82) is 0 Å². The van der Waals surface area contributed by atoms with Crippen molar-refractivity contribution in [2.45, 2.75) is 38.6 Å². The molecule has 0 aliphatic carbocycles. The van der Waals surface area contributed by atoms with E-state index >= 15 is 0 Å². The third-order valence-electron chi connectivity index (χ3n) is 5.82. The zero-order valence-corrected chi connectivity index (χ0v) is 17.4. The molecule has 30 heavy (non-hydrogen) atoms. The summed E-state index contributed by atoms with van der Waals surface area (Å²) in [5.41, 5.74) is 2.74. The molecule has 0 spiro atoms. The first kappa shape index (κ1) is 19.1. The molecule has 0 bridgehead atoms. The average molecular weight is 423 g/mol. The molecule has 2 aromatic carbocycles. The van der Waals surface area contributed by atoms with Crippen molar-refractivity contribution in [2.75, 3.05) is 11.9 Å². The van der Waals surface area contributed by atoms with Gasteiger partial charge in [-0.2, -0.15) is 0 Å². The number of carbonyl (C=O) groups excluding carboxylic acids is 1. The number of halogens is 1. The number of hydrogen-bond acceptors (Lipinski definition) is 4.